The lowest BCUT2D eigenvalue weighted by Gasteiger charge is -2.09. The minimum atomic E-state index is -0.0405. The van der Waals surface area contributed by atoms with E-state index in [1.807, 2.05) is 48.0 Å². The van der Waals surface area contributed by atoms with Crippen LogP contribution in [-0.4, -0.2) is 9.78 Å². The molecule has 0 aliphatic carbocycles. The molecule has 3 nitrogen and oxygen atoms in total. The summed E-state index contributed by atoms with van der Waals surface area (Å²) in [5.41, 5.74) is 6.08. The molecule has 0 saturated heterocycles. The van der Waals surface area contributed by atoms with Gasteiger partial charge in [0, 0.05) is 0 Å². The molecule has 3 heteroatoms. The van der Waals surface area contributed by atoms with E-state index >= 15 is 0 Å². The van der Waals surface area contributed by atoms with Crippen molar-refractivity contribution in [2.24, 2.45) is 0 Å². The summed E-state index contributed by atoms with van der Waals surface area (Å²) >= 11 is 0. The Labute approximate surface area is 130 Å². The lowest BCUT2D eigenvalue weighted by molar-refractivity contribution is 0.805. The topological polar surface area (TPSA) is 37.8 Å². The van der Waals surface area contributed by atoms with Crippen LogP contribution in [0.4, 0.5) is 0 Å². The molecular weight excluding hydrogens is 272 g/mol. The summed E-state index contributed by atoms with van der Waals surface area (Å²) in [5, 5.41) is 2.97. The Bertz CT molecular complexity index is 837. The van der Waals surface area contributed by atoms with E-state index in [1.165, 1.54) is 11.1 Å². The van der Waals surface area contributed by atoms with Gasteiger partial charge in [0.1, 0.15) is 0 Å². The second-order valence-corrected chi connectivity index (χ2v) is 5.65. The fraction of sp³-hybridized carbons (Fsp3) is 0.211. The average molecular weight is 292 g/mol. The van der Waals surface area contributed by atoms with Crippen molar-refractivity contribution in [3.05, 3.63) is 75.7 Å². The largest absolute Gasteiger partial charge is 0.272 e. The van der Waals surface area contributed by atoms with Gasteiger partial charge in [-0.25, -0.2) is 0 Å². The Morgan fingerprint density at radius 3 is 2.00 bits per heavy atom. The van der Waals surface area contributed by atoms with Crippen LogP contribution in [0, 0.1) is 13.8 Å². The van der Waals surface area contributed by atoms with Gasteiger partial charge in [-0.2, -0.15) is 0 Å². The van der Waals surface area contributed by atoms with Crippen molar-refractivity contribution >= 4 is 0 Å². The molecule has 22 heavy (non-hydrogen) atoms. The van der Waals surface area contributed by atoms with Crippen LogP contribution in [-0.2, 0) is 6.42 Å². The Balaban J connectivity index is 2.18. The predicted molar refractivity (Wildman–Crippen MR) is 90.7 cm³/mol. The van der Waals surface area contributed by atoms with E-state index in [9.17, 15) is 4.79 Å². The number of nitrogens with zero attached hydrogens (tertiary/aromatic N) is 1. The van der Waals surface area contributed by atoms with Gasteiger partial charge in [-0.15, -0.1) is 0 Å². The highest BCUT2D eigenvalue weighted by Crippen LogP contribution is 2.23. The molecule has 0 saturated carbocycles. The zero-order chi connectivity index (χ0) is 15.7. The van der Waals surface area contributed by atoms with Crippen LogP contribution in [0.15, 0.2) is 53.3 Å². The van der Waals surface area contributed by atoms with Gasteiger partial charge in [-0.3, -0.25) is 14.6 Å². The number of benzene rings is 2. The van der Waals surface area contributed by atoms with E-state index in [0.717, 1.165) is 28.9 Å². The second-order valence-electron chi connectivity index (χ2n) is 5.65. The molecule has 0 aliphatic heterocycles. The van der Waals surface area contributed by atoms with Gasteiger partial charge >= 0.3 is 0 Å². The second kappa shape index (κ2) is 5.68. The lowest BCUT2D eigenvalue weighted by atomic mass is 10.0. The number of hydrogen-bond donors (Lipinski definition) is 1. The first-order valence-electron chi connectivity index (χ1n) is 7.58. The SMILES string of the molecule is CCc1c(-c2ccc(C)cc2)c(=O)[nH]n1-c1ccc(C)cc1. The lowest BCUT2D eigenvalue weighted by Crippen LogP contribution is -2.05. The third-order valence-electron chi connectivity index (χ3n) is 3.97. The summed E-state index contributed by atoms with van der Waals surface area (Å²) in [5.74, 6) is 0. The molecule has 0 unspecified atom stereocenters. The number of aromatic amines is 1. The van der Waals surface area contributed by atoms with Gasteiger partial charge in [-0.1, -0.05) is 54.4 Å². The standard InChI is InChI=1S/C19H20N2O/c1-4-17-18(15-9-5-13(2)6-10-15)19(22)20-21(17)16-11-7-14(3)8-12-16/h5-12H,4H2,1-3H3,(H,20,22). The zero-order valence-corrected chi connectivity index (χ0v) is 13.2. The number of aryl methyl sites for hydroxylation is 2. The van der Waals surface area contributed by atoms with Crippen LogP contribution in [0.3, 0.4) is 0 Å². The Hall–Kier alpha value is -2.55. The van der Waals surface area contributed by atoms with Gasteiger partial charge in [0.05, 0.1) is 16.9 Å². The Morgan fingerprint density at radius 2 is 1.45 bits per heavy atom. The molecule has 1 aromatic heterocycles. The molecule has 0 fully saturated rings. The molecule has 0 bridgehead atoms. The maximum atomic E-state index is 12.5. The van der Waals surface area contributed by atoms with E-state index in [-0.39, 0.29) is 5.56 Å². The smallest absolute Gasteiger partial charge is 0.267 e. The summed E-state index contributed by atoms with van der Waals surface area (Å²) in [6.45, 7) is 6.18. The fourth-order valence-electron chi connectivity index (χ4n) is 2.73. The van der Waals surface area contributed by atoms with E-state index in [4.69, 9.17) is 0 Å². The highest BCUT2D eigenvalue weighted by atomic mass is 16.1. The quantitative estimate of drug-likeness (QED) is 0.778. The maximum Gasteiger partial charge on any atom is 0.272 e. The molecule has 1 N–H and O–H groups in total. The summed E-state index contributed by atoms with van der Waals surface area (Å²) in [4.78, 5) is 12.5. The van der Waals surface area contributed by atoms with Crippen LogP contribution in [0.5, 0.6) is 0 Å². The fourth-order valence-corrected chi connectivity index (χ4v) is 2.73. The molecule has 0 atom stereocenters. The number of H-pyrrole nitrogens is 1. The third kappa shape index (κ3) is 2.50. The summed E-state index contributed by atoms with van der Waals surface area (Å²) in [7, 11) is 0. The van der Waals surface area contributed by atoms with Crippen LogP contribution >= 0.6 is 0 Å². The summed E-state index contributed by atoms with van der Waals surface area (Å²) in [6, 6.07) is 16.3. The van der Waals surface area contributed by atoms with Crippen molar-refractivity contribution in [1.82, 2.24) is 9.78 Å². The summed E-state index contributed by atoms with van der Waals surface area (Å²) < 4.78 is 1.90. The number of nitrogens with one attached hydrogen (secondary N) is 1. The van der Waals surface area contributed by atoms with E-state index < -0.39 is 0 Å². The van der Waals surface area contributed by atoms with Crippen LogP contribution in [0.25, 0.3) is 16.8 Å². The van der Waals surface area contributed by atoms with Crippen LogP contribution in [0.2, 0.25) is 0 Å². The third-order valence-corrected chi connectivity index (χ3v) is 3.97. The highest BCUT2D eigenvalue weighted by Gasteiger charge is 2.16. The molecule has 0 aliphatic rings. The van der Waals surface area contributed by atoms with E-state index in [1.54, 1.807) is 0 Å². The molecule has 1 heterocycles. The molecule has 112 valence electrons. The number of rotatable bonds is 3. The van der Waals surface area contributed by atoms with Gasteiger partial charge in [0.15, 0.2) is 0 Å². The molecule has 0 radical (unpaired) electrons. The first-order chi connectivity index (χ1) is 10.6. The van der Waals surface area contributed by atoms with Crippen LogP contribution < -0.4 is 5.56 Å². The van der Waals surface area contributed by atoms with Gasteiger partial charge in [0.2, 0.25) is 0 Å². The van der Waals surface area contributed by atoms with Crippen molar-refractivity contribution < 1.29 is 0 Å². The van der Waals surface area contributed by atoms with Crippen molar-refractivity contribution in [1.29, 1.82) is 0 Å². The van der Waals surface area contributed by atoms with Crippen LogP contribution in [0.1, 0.15) is 23.7 Å². The zero-order valence-electron chi connectivity index (χ0n) is 13.2. The van der Waals surface area contributed by atoms with Crippen molar-refractivity contribution in [2.75, 3.05) is 0 Å². The van der Waals surface area contributed by atoms with E-state index in [2.05, 4.69) is 31.1 Å². The predicted octanol–water partition coefficient (Wildman–Crippen LogP) is 4.01. The minimum Gasteiger partial charge on any atom is -0.267 e. The van der Waals surface area contributed by atoms with Crippen molar-refractivity contribution in [3.63, 3.8) is 0 Å². The van der Waals surface area contributed by atoms with Crippen molar-refractivity contribution in [3.8, 4) is 16.8 Å². The molecule has 2 aromatic carbocycles. The van der Waals surface area contributed by atoms with Crippen molar-refractivity contribution in [2.45, 2.75) is 27.2 Å². The molecular formula is C19H20N2O. The number of aromatic nitrogens is 2. The Kier molecular flexibility index (Phi) is 3.72. The molecule has 3 aromatic rings. The number of hydrogen-bond acceptors (Lipinski definition) is 1. The van der Waals surface area contributed by atoms with E-state index in [0.29, 0.717) is 0 Å². The normalized spacial score (nSPS) is 10.9. The molecule has 0 amide bonds. The van der Waals surface area contributed by atoms with Gasteiger partial charge in [-0.05, 0) is 38.0 Å². The highest BCUT2D eigenvalue weighted by molar-refractivity contribution is 5.66. The first-order valence-corrected chi connectivity index (χ1v) is 7.58. The molecule has 0 spiro atoms. The molecule has 3 rings (SSSR count). The average Bonchev–Trinajstić information content (AvgIpc) is 2.85. The summed E-state index contributed by atoms with van der Waals surface area (Å²) in [6.07, 6.45) is 0.788. The first kappa shape index (κ1) is 14.4. The monoisotopic (exact) mass is 292 g/mol. The Morgan fingerprint density at radius 1 is 0.909 bits per heavy atom. The van der Waals surface area contributed by atoms with Gasteiger partial charge in [0.25, 0.3) is 5.56 Å². The maximum absolute atomic E-state index is 12.5. The minimum absolute atomic E-state index is 0.0405. The van der Waals surface area contributed by atoms with Gasteiger partial charge < -0.3 is 0 Å².